The van der Waals surface area contributed by atoms with Gasteiger partial charge in [0.25, 0.3) is 15.9 Å². The number of hydrogen-bond donors (Lipinski definition) is 1. The fraction of sp³-hybridized carbons (Fsp3) is 0.120. The van der Waals surface area contributed by atoms with Gasteiger partial charge in [-0.05, 0) is 68.4 Å². The molecular formula is C25H23ClN4O3S. The summed E-state index contributed by atoms with van der Waals surface area (Å²) >= 11 is 6.29. The van der Waals surface area contributed by atoms with Crippen molar-refractivity contribution in [1.82, 2.24) is 9.78 Å². The zero-order valence-electron chi connectivity index (χ0n) is 18.6. The first-order valence-electron chi connectivity index (χ1n) is 10.6. The number of aromatic nitrogens is 2. The lowest BCUT2D eigenvalue weighted by molar-refractivity contribution is 0.102. The van der Waals surface area contributed by atoms with E-state index in [-0.39, 0.29) is 22.0 Å². The van der Waals surface area contributed by atoms with E-state index >= 15 is 0 Å². The number of para-hydroxylation sites is 1. The third-order valence-electron chi connectivity index (χ3n) is 5.28. The van der Waals surface area contributed by atoms with E-state index in [2.05, 4.69) is 10.4 Å². The van der Waals surface area contributed by atoms with E-state index in [9.17, 15) is 13.2 Å². The van der Waals surface area contributed by atoms with E-state index in [1.54, 1.807) is 60.3 Å². The van der Waals surface area contributed by atoms with Crippen LogP contribution in [0.2, 0.25) is 5.02 Å². The van der Waals surface area contributed by atoms with E-state index < -0.39 is 15.9 Å². The Bertz CT molecular complexity index is 1440. The van der Waals surface area contributed by atoms with Gasteiger partial charge < -0.3 is 5.32 Å². The summed E-state index contributed by atoms with van der Waals surface area (Å²) in [7, 11) is -3.91. The summed E-state index contributed by atoms with van der Waals surface area (Å²) in [6.45, 7) is 3.91. The minimum absolute atomic E-state index is 0.0198. The molecule has 0 atom stereocenters. The average molecular weight is 495 g/mol. The summed E-state index contributed by atoms with van der Waals surface area (Å²) in [4.78, 5) is 13.0. The molecule has 9 heteroatoms. The molecule has 4 aromatic rings. The van der Waals surface area contributed by atoms with Crippen molar-refractivity contribution in [2.75, 3.05) is 16.2 Å². The number of carbonyl (C=O) groups is 1. The van der Waals surface area contributed by atoms with Crippen molar-refractivity contribution in [2.45, 2.75) is 18.7 Å². The van der Waals surface area contributed by atoms with Crippen LogP contribution in [0.25, 0.3) is 5.69 Å². The van der Waals surface area contributed by atoms with Crippen molar-refractivity contribution in [2.24, 2.45) is 0 Å². The zero-order valence-corrected chi connectivity index (χ0v) is 20.2. The van der Waals surface area contributed by atoms with Gasteiger partial charge in [-0.1, -0.05) is 35.9 Å². The molecule has 0 saturated heterocycles. The fourth-order valence-electron chi connectivity index (χ4n) is 3.61. The van der Waals surface area contributed by atoms with Crippen LogP contribution in [0.5, 0.6) is 0 Å². The Morgan fingerprint density at radius 2 is 1.79 bits per heavy atom. The number of anilines is 2. The van der Waals surface area contributed by atoms with Crippen LogP contribution in [0.4, 0.5) is 11.4 Å². The first kappa shape index (κ1) is 23.5. The van der Waals surface area contributed by atoms with Crippen LogP contribution in [-0.4, -0.2) is 30.7 Å². The highest BCUT2D eigenvalue weighted by atomic mass is 35.5. The van der Waals surface area contributed by atoms with Crippen LogP contribution in [0.1, 0.15) is 23.0 Å². The predicted octanol–water partition coefficient (Wildman–Crippen LogP) is 5.30. The smallest absolute Gasteiger partial charge is 0.264 e. The van der Waals surface area contributed by atoms with Crippen molar-refractivity contribution in [3.05, 3.63) is 101 Å². The van der Waals surface area contributed by atoms with Gasteiger partial charge in [-0.25, -0.2) is 13.1 Å². The Labute approximate surface area is 203 Å². The summed E-state index contributed by atoms with van der Waals surface area (Å²) in [5.41, 5.74) is 2.86. The van der Waals surface area contributed by atoms with Gasteiger partial charge in [0.1, 0.15) is 0 Å². The van der Waals surface area contributed by atoms with Crippen LogP contribution in [0.3, 0.4) is 0 Å². The van der Waals surface area contributed by atoms with Gasteiger partial charge in [0.05, 0.1) is 26.9 Å². The van der Waals surface area contributed by atoms with Crippen molar-refractivity contribution in [3.8, 4) is 5.69 Å². The lowest BCUT2D eigenvalue weighted by Crippen LogP contribution is -2.31. The van der Waals surface area contributed by atoms with Gasteiger partial charge >= 0.3 is 0 Å². The quantitative estimate of drug-likeness (QED) is 0.377. The number of halogens is 1. The molecule has 0 aliphatic carbocycles. The zero-order chi connectivity index (χ0) is 24.3. The Balaban J connectivity index is 1.64. The summed E-state index contributed by atoms with van der Waals surface area (Å²) < 4.78 is 29.7. The Hall–Kier alpha value is -3.62. The Kier molecular flexibility index (Phi) is 6.72. The molecule has 0 aliphatic heterocycles. The molecule has 174 valence electrons. The van der Waals surface area contributed by atoms with Crippen molar-refractivity contribution >= 4 is 38.9 Å². The number of amides is 1. The topological polar surface area (TPSA) is 84.3 Å². The lowest BCUT2D eigenvalue weighted by atomic mass is 10.2. The van der Waals surface area contributed by atoms with Crippen molar-refractivity contribution in [3.63, 3.8) is 0 Å². The Morgan fingerprint density at radius 3 is 2.47 bits per heavy atom. The molecule has 4 rings (SSSR count). The lowest BCUT2D eigenvalue weighted by Gasteiger charge is -2.23. The van der Waals surface area contributed by atoms with Gasteiger partial charge in [-0.3, -0.25) is 9.10 Å². The number of carbonyl (C=O) groups excluding carboxylic acids is 1. The molecule has 7 nitrogen and oxygen atoms in total. The summed E-state index contributed by atoms with van der Waals surface area (Å²) in [5, 5.41) is 7.23. The summed E-state index contributed by atoms with van der Waals surface area (Å²) in [6.07, 6.45) is 1.70. The van der Waals surface area contributed by atoms with Crippen molar-refractivity contribution in [1.29, 1.82) is 0 Å². The standard InChI is InChI=1S/C25H23ClN4O3S/c1-3-29(20-9-5-4-6-10-20)34(32,33)22-12-13-24(26)23(17-22)25(31)28-19-8-7-11-21(16-19)30-18(2)14-15-27-30/h4-17H,3H2,1-2H3,(H,28,31). The number of nitrogens with zero attached hydrogens (tertiary/aromatic N) is 3. The van der Waals surface area contributed by atoms with E-state index in [4.69, 9.17) is 11.6 Å². The third kappa shape index (κ3) is 4.69. The van der Waals surface area contributed by atoms with Gasteiger partial charge in [0.2, 0.25) is 0 Å². The Morgan fingerprint density at radius 1 is 1.03 bits per heavy atom. The molecule has 0 aliphatic rings. The number of benzene rings is 3. The number of rotatable bonds is 7. The van der Waals surface area contributed by atoms with Crippen LogP contribution in [-0.2, 0) is 10.0 Å². The molecular weight excluding hydrogens is 472 g/mol. The van der Waals surface area contributed by atoms with E-state index in [1.807, 2.05) is 25.1 Å². The first-order chi connectivity index (χ1) is 16.3. The normalized spacial score (nSPS) is 11.3. The highest BCUT2D eigenvalue weighted by Crippen LogP contribution is 2.27. The fourth-order valence-corrected chi connectivity index (χ4v) is 5.31. The highest BCUT2D eigenvalue weighted by molar-refractivity contribution is 7.92. The first-order valence-corrected chi connectivity index (χ1v) is 12.4. The number of hydrogen-bond acceptors (Lipinski definition) is 4. The molecule has 0 spiro atoms. The van der Waals surface area contributed by atoms with E-state index in [0.717, 1.165) is 11.4 Å². The van der Waals surface area contributed by atoms with E-state index in [0.29, 0.717) is 11.4 Å². The molecule has 1 heterocycles. The largest absolute Gasteiger partial charge is 0.322 e. The summed E-state index contributed by atoms with van der Waals surface area (Å²) in [6, 6.07) is 22.0. The molecule has 0 unspecified atom stereocenters. The minimum atomic E-state index is -3.91. The maximum atomic E-state index is 13.4. The second-order valence-corrected chi connectivity index (χ2v) is 9.81. The van der Waals surface area contributed by atoms with Crippen LogP contribution in [0.15, 0.2) is 90.0 Å². The predicted molar refractivity (Wildman–Crippen MR) is 134 cm³/mol. The van der Waals surface area contributed by atoms with Gasteiger partial charge in [-0.2, -0.15) is 5.10 Å². The number of aryl methyl sites for hydroxylation is 1. The maximum Gasteiger partial charge on any atom is 0.264 e. The second kappa shape index (κ2) is 9.70. The van der Waals surface area contributed by atoms with E-state index in [1.165, 1.54) is 22.5 Å². The van der Waals surface area contributed by atoms with Crippen LogP contribution in [0, 0.1) is 6.92 Å². The highest BCUT2D eigenvalue weighted by Gasteiger charge is 2.25. The van der Waals surface area contributed by atoms with Gasteiger partial charge in [-0.15, -0.1) is 0 Å². The molecule has 34 heavy (non-hydrogen) atoms. The molecule has 0 bridgehead atoms. The van der Waals surface area contributed by atoms with Crippen LogP contribution >= 0.6 is 11.6 Å². The molecule has 1 aromatic heterocycles. The molecule has 1 N–H and O–H groups in total. The monoisotopic (exact) mass is 494 g/mol. The van der Waals surface area contributed by atoms with Gasteiger partial charge in [0.15, 0.2) is 0 Å². The second-order valence-electron chi connectivity index (χ2n) is 7.54. The van der Waals surface area contributed by atoms with Crippen molar-refractivity contribution < 1.29 is 13.2 Å². The SMILES string of the molecule is CCN(c1ccccc1)S(=O)(=O)c1ccc(Cl)c(C(=O)Nc2cccc(-n3nccc3C)c2)c1. The molecule has 0 saturated carbocycles. The molecule has 0 fully saturated rings. The molecule has 1 amide bonds. The number of sulfonamides is 1. The minimum Gasteiger partial charge on any atom is -0.322 e. The third-order valence-corrected chi connectivity index (χ3v) is 7.51. The molecule has 3 aromatic carbocycles. The summed E-state index contributed by atoms with van der Waals surface area (Å²) in [5.74, 6) is -0.515. The van der Waals surface area contributed by atoms with Crippen LogP contribution < -0.4 is 9.62 Å². The maximum absolute atomic E-state index is 13.4. The van der Waals surface area contributed by atoms with Gasteiger partial charge in [0, 0.05) is 24.1 Å². The number of nitrogens with one attached hydrogen (secondary N) is 1. The average Bonchev–Trinajstić information content (AvgIpc) is 3.26. The molecule has 0 radical (unpaired) electrons.